The van der Waals surface area contributed by atoms with Crippen molar-refractivity contribution in [2.75, 3.05) is 0 Å². The molecule has 0 spiro atoms. The number of hydrogen-bond donors (Lipinski definition) is 0. The lowest BCUT2D eigenvalue weighted by molar-refractivity contribution is -0.190. The maximum atomic E-state index is 14.1. The van der Waals surface area contributed by atoms with Gasteiger partial charge in [-0.15, -0.1) is 0 Å². The molecule has 122 valence electrons. The quantitative estimate of drug-likeness (QED) is 0.614. The summed E-state index contributed by atoms with van der Waals surface area (Å²) in [5.74, 6) is -4.27. The molecular formula is C14H14F4O4. The van der Waals surface area contributed by atoms with Gasteiger partial charge in [-0.3, -0.25) is 0 Å². The summed E-state index contributed by atoms with van der Waals surface area (Å²) in [6.07, 6.45) is -7.00. The largest absolute Gasteiger partial charge is 0.477 e. The number of alkyl halides is 3. The maximum absolute atomic E-state index is 14.1. The number of benzene rings is 1. The summed E-state index contributed by atoms with van der Waals surface area (Å²) >= 11 is 0. The summed E-state index contributed by atoms with van der Waals surface area (Å²) in [6.45, 7) is 4.95. The number of aryl methyl sites for hydroxylation is 1. The van der Waals surface area contributed by atoms with Gasteiger partial charge in [-0.25, -0.2) is 9.18 Å². The Morgan fingerprint density at radius 1 is 1.27 bits per heavy atom. The highest BCUT2D eigenvalue weighted by atomic mass is 19.4. The Balaban J connectivity index is 2.55. The fourth-order valence-electron chi connectivity index (χ4n) is 1.92. The van der Waals surface area contributed by atoms with E-state index in [2.05, 4.69) is 4.74 Å². The number of carbonyl (C=O) groups is 1. The fraction of sp³-hybridized carbons (Fsp3) is 0.500. The van der Waals surface area contributed by atoms with Crippen molar-refractivity contribution in [3.8, 4) is 11.5 Å². The Kier molecular flexibility index (Phi) is 3.75. The van der Waals surface area contributed by atoms with E-state index in [1.54, 1.807) is 0 Å². The molecule has 0 unspecified atom stereocenters. The van der Waals surface area contributed by atoms with Gasteiger partial charge in [0.05, 0.1) is 0 Å². The van der Waals surface area contributed by atoms with Crippen molar-refractivity contribution in [3.63, 3.8) is 0 Å². The van der Waals surface area contributed by atoms with Crippen LogP contribution in [0.1, 0.15) is 36.7 Å². The number of halogens is 4. The van der Waals surface area contributed by atoms with Crippen LogP contribution in [0.25, 0.3) is 0 Å². The normalized spacial score (nSPS) is 18.1. The summed E-state index contributed by atoms with van der Waals surface area (Å²) in [5, 5.41) is 0. The molecule has 0 N–H and O–H groups in total. The third-order valence-corrected chi connectivity index (χ3v) is 3.02. The second kappa shape index (κ2) is 5.03. The summed E-state index contributed by atoms with van der Waals surface area (Å²) < 4.78 is 66.9. The Hall–Kier alpha value is -1.99. The van der Waals surface area contributed by atoms with Gasteiger partial charge in [0.15, 0.2) is 17.7 Å². The lowest BCUT2D eigenvalue weighted by Gasteiger charge is -2.33. The number of cyclic esters (lactones) is 1. The molecule has 4 nitrogen and oxygen atoms in total. The number of ether oxygens (including phenoxy) is 3. The Bertz CT molecular complexity index is 622. The summed E-state index contributed by atoms with van der Waals surface area (Å²) in [4.78, 5) is 12.0. The standard InChI is InChI=1S/C14H14F4O4/c1-6-5-8-9(12(19)22-13(3,4)21-8)11(10(6)15)20-7(2)14(16,17)18/h5,7H,1-4H3/t7-/m1/s1. The molecule has 2 rings (SSSR count). The third kappa shape index (κ3) is 2.95. The number of fused-ring (bicyclic) bond motifs is 1. The highest BCUT2D eigenvalue weighted by Gasteiger charge is 2.42. The molecule has 0 amide bonds. The molecule has 0 aromatic heterocycles. The first-order valence-electron chi connectivity index (χ1n) is 6.41. The third-order valence-electron chi connectivity index (χ3n) is 3.02. The minimum atomic E-state index is -4.71. The second-order valence-electron chi connectivity index (χ2n) is 5.40. The highest BCUT2D eigenvalue weighted by molar-refractivity contribution is 5.97. The predicted molar refractivity (Wildman–Crippen MR) is 67.4 cm³/mol. The van der Waals surface area contributed by atoms with Crippen molar-refractivity contribution in [2.24, 2.45) is 0 Å². The van der Waals surface area contributed by atoms with Crippen LogP contribution in [0.5, 0.6) is 11.5 Å². The molecule has 0 saturated heterocycles. The topological polar surface area (TPSA) is 44.8 Å². The predicted octanol–water partition coefficient (Wildman–Crippen LogP) is 3.75. The van der Waals surface area contributed by atoms with Crippen molar-refractivity contribution in [3.05, 3.63) is 23.0 Å². The lowest BCUT2D eigenvalue weighted by Crippen LogP contribution is -2.40. The van der Waals surface area contributed by atoms with Gasteiger partial charge in [0.1, 0.15) is 11.3 Å². The molecule has 22 heavy (non-hydrogen) atoms. The molecule has 1 aliphatic heterocycles. The number of hydrogen-bond acceptors (Lipinski definition) is 4. The van der Waals surface area contributed by atoms with Gasteiger partial charge in [-0.05, 0) is 25.5 Å². The number of carbonyl (C=O) groups excluding carboxylic acids is 1. The van der Waals surface area contributed by atoms with E-state index in [-0.39, 0.29) is 11.3 Å². The Morgan fingerprint density at radius 2 is 1.86 bits per heavy atom. The summed E-state index contributed by atoms with van der Waals surface area (Å²) in [5.41, 5.74) is -0.493. The molecule has 0 bridgehead atoms. The van der Waals surface area contributed by atoms with Gasteiger partial charge in [0.2, 0.25) is 5.79 Å². The van der Waals surface area contributed by atoms with E-state index in [1.165, 1.54) is 26.8 Å². The highest BCUT2D eigenvalue weighted by Crippen LogP contribution is 2.41. The average Bonchev–Trinajstić information content (AvgIpc) is 2.31. The first kappa shape index (κ1) is 16.4. The van der Waals surface area contributed by atoms with E-state index in [1.807, 2.05) is 0 Å². The van der Waals surface area contributed by atoms with Gasteiger partial charge in [-0.2, -0.15) is 13.2 Å². The lowest BCUT2D eigenvalue weighted by atomic mass is 10.1. The minimum Gasteiger partial charge on any atom is -0.477 e. The first-order valence-corrected chi connectivity index (χ1v) is 6.41. The SMILES string of the molecule is Cc1cc2c(c(O[C@H](C)C(F)(F)F)c1F)C(=O)OC(C)(C)O2. The van der Waals surface area contributed by atoms with E-state index in [0.29, 0.717) is 6.92 Å². The van der Waals surface area contributed by atoms with Crippen molar-refractivity contribution in [2.45, 2.75) is 45.8 Å². The van der Waals surface area contributed by atoms with Crippen LogP contribution in [0.2, 0.25) is 0 Å². The first-order chi connectivity index (χ1) is 9.92. The van der Waals surface area contributed by atoms with Crippen LogP contribution in [0.3, 0.4) is 0 Å². The Morgan fingerprint density at radius 3 is 2.41 bits per heavy atom. The number of rotatable bonds is 2. The van der Waals surface area contributed by atoms with Crippen molar-refractivity contribution < 1.29 is 36.6 Å². The van der Waals surface area contributed by atoms with Gasteiger partial charge in [-0.1, -0.05) is 0 Å². The van der Waals surface area contributed by atoms with Crippen LogP contribution in [0.4, 0.5) is 17.6 Å². The molecule has 1 heterocycles. The van der Waals surface area contributed by atoms with Crippen LogP contribution in [-0.2, 0) is 4.74 Å². The number of esters is 1. The molecular weight excluding hydrogens is 308 g/mol. The average molecular weight is 322 g/mol. The van der Waals surface area contributed by atoms with Crippen LogP contribution in [0, 0.1) is 12.7 Å². The zero-order chi connectivity index (χ0) is 16.9. The van der Waals surface area contributed by atoms with Gasteiger partial charge < -0.3 is 14.2 Å². The summed E-state index contributed by atoms with van der Waals surface area (Å²) in [7, 11) is 0. The molecule has 1 aromatic carbocycles. The molecule has 0 radical (unpaired) electrons. The molecule has 8 heteroatoms. The van der Waals surface area contributed by atoms with Crippen LogP contribution < -0.4 is 9.47 Å². The summed E-state index contributed by atoms with van der Waals surface area (Å²) in [6, 6.07) is 1.22. The van der Waals surface area contributed by atoms with Crippen LogP contribution >= 0.6 is 0 Å². The second-order valence-corrected chi connectivity index (χ2v) is 5.40. The molecule has 0 fully saturated rings. The maximum Gasteiger partial charge on any atom is 0.425 e. The van der Waals surface area contributed by atoms with Crippen molar-refractivity contribution in [1.29, 1.82) is 0 Å². The van der Waals surface area contributed by atoms with E-state index >= 15 is 0 Å². The minimum absolute atomic E-state index is 0.00590. The zero-order valence-electron chi connectivity index (χ0n) is 12.3. The van der Waals surface area contributed by atoms with E-state index in [9.17, 15) is 22.4 Å². The van der Waals surface area contributed by atoms with E-state index < -0.39 is 41.2 Å². The van der Waals surface area contributed by atoms with Gasteiger partial charge in [0, 0.05) is 13.8 Å². The van der Waals surface area contributed by atoms with E-state index in [4.69, 9.17) is 9.47 Å². The molecule has 0 saturated carbocycles. The van der Waals surface area contributed by atoms with Crippen molar-refractivity contribution >= 4 is 5.97 Å². The zero-order valence-corrected chi connectivity index (χ0v) is 12.3. The van der Waals surface area contributed by atoms with Crippen molar-refractivity contribution in [1.82, 2.24) is 0 Å². The molecule has 0 aliphatic carbocycles. The fourth-order valence-corrected chi connectivity index (χ4v) is 1.92. The van der Waals surface area contributed by atoms with Crippen LogP contribution in [0.15, 0.2) is 6.07 Å². The smallest absolute Gasteiger partial charge is 0.425 e. The monoisotopic (exact) mass is 322 g/mol. The van der Waals surface area contributed by atoms with E-state index in [0.717, 1.165) is 0 Å². The van der Waals surface area contributed by atoms with Gasteiger partial charge >= 0.3 is 12.1 Å². The van der Waals surface area contributed by atoms with Crippen LogP contribution in [-0.4, -0.2) is 24.0 Å². The molecule has 1 atom stereocenters. The molecule has 1 aliphatic rings. The molecule has 1 aromatic rings. The van der Waals surface area contributed by atoms with Gasteiger partial charge in [0.25, 0.3) is 0 Å². The Labute approximate surface area is 124 Å².